The van der Waals surface area contributed by atoms with Crippen molar-refractivity contribution in [2.24, 2.45) is 45.8 Å². The average Bonchev–Trinajstić information content (AvgIpc) is 3.30. The highest BCUT2D eigenvalue weighted by atomic mass is 16.5. The largest absolute Gasteiger partial charge is 0.480 e. The molecule has 4 aliphatic rings. The van der Waals surface area contributed by atoms with Gasteiger partial charge in [-0.25, -0.2) is 0 Å². The summed E-state index contributed by atoms with van der Waals surface area (Å²) in [6.07, 6.45) is 14.7. The normalized spacial score (nSPS) is 39.8. The lowest BCUT2D eigenvalue weighted by atomic mass is 9.40. The lowest BCUT2D eigenvalue weighted by Gasteiger charge is -2.65. The third-order valence-corrected chi connectivity index (χ3v) is 13.5. The quantitative estimate of drug-likeness (QED) is 0.135. The molecule has 242 valence electrons. The highest BCUT2D eigenvalue weighted by molar-refractivity contribution is 5.78. The zero-order valence-electron chi connectivity index (χ0n) is 27.6. The van der Waals surface area contributed by atoms with Crippen LogP contribution in [-0.4, -0.2) is 54.1 Å². The fourth-order valence-electron chi connectivity index (χ4n) is 10.7. The third kappa shape index (κ3) is 6.73. The number of nitrogens with one attached hydrogen (secondary N) is 2. The Morgan fingerprint density at radius 2 is 1.74 bits per heavy atom. The molecule has 0 saturated heterocycles. The van der Waals surface area contributed by atoms with Gasteiger partial charge in [0.2, 0.25) is 5.91 Å². The van der Waals surface area contributed by atoms with Crippen LogP contribution < -0.4 is 10.6 Å². The van der Waals surface area contributed by atoms with Gasteiger partial charge in [-0.15, -0.1) is 0 Å². The molecule has 2 unspecified atom stereocenters. The van der Waals surface area contributed by atoms with Crippen LogP contribution in [0.15, 0.2) is 0 Å². The Bertz CT molecular complexity index is 929. The van der Waals surface area contributed by atoms with Gasteiger partial charge in [0.1, 0.15) is 12.3 Å². The number of hydrogen-bond acceptors (Lipinski definition) is 5. The second-order valence-corrected chi connectivity index (χ2v) is 15.6. The summed E-state index contributed by atoms with van der Waals surface area (Å²) in [6.45, 7) is 12.8. The minimum absolute atomic E-state index is 0.0875. The number of amides is 1. The Balaban J connectivity index is 1.32. The molecule has 0 radical (unpaired) electrons. The number of aliphatic carboxylic acids is 1. The van der Waals surface area contributed by atoms with Crippen LogP contribution >= 0.6 is 0 Å². The van der Waals surface area contributed by atoms with Crippen molar-refractivity contribution < 1.29 is 24.5 Å². The number of carboxylic acids is 1. The van der Waals surface area contributed by atoms with Crippen molar-refractivity contribution in [1.82, 2.24) is 10.6 Å². The summed E-state index contributed by atoms with van der Waals surface area (Å²) >= 11 is 0. The van der Waals surface area contributed by atoms with Gasteiger partial charge in [0.05, 0.1) is 6.10 Å². The van der Waals surface area contributed by atoms with E-state index in [1.54, 1.807) is 7.11 Å². The summed E-state index contributed by atoms with van der Waals surface area (Å²) in [4.78, 5) is 24.1. The van der Waals surface area contributed by atoms with Gasteiger partial charge >= 0.3 is 5.97 Å². The number of carbonyl (C=O) groups excluding carboxylic acids is 1. The standard InChI is InChI=1S/C35H62N2O5/c1-7-8-21-36-30(39)13-12-29(32(40)41)37-31(42-6)14-9-23(2)26-10-11-27-25-16-18-33(3)22-24(38)15-20-35(33,5)28(25)17-19-34(26,27)4/h23-29,31,37-38H,7-22H2,1-6H3,(H,36,39)(H,40,41)/t23-,24-,25+,26-,27+,28?,29+,31?,33-,34-,35-/m1/s1. The molecular formula is C35H62N2O5. The predicted molar refractivity (Wildman–Crippen MR) is 167 cm³/mol. The number of hydrogen-bond donors (Lipinski definition) is 4. The molecule has 0 aliphatic heterocycles. The predicted octanol–water partition coefficient (Wildman–Crippen LogP) is 6.52. The Morgan fingerprint density at radius 1 is 0.976 bits per heavy atom. The van der Waals surface area contributed by atoms with E-state index in [0.29, 0.717) is 29.2 Å². The van der Waals surface area contributed by atoms with Gasteiger partial charge < -0.3 is 20.3 Å². The Kier molecular flexibility index (Phi) is 11.1. The fraction of sp³-hybridized carbons (Fsp3) is 0.943. The summed E-state index contributed by atoms with van der Waals surface area (Å²) in [7, 11) is 1.65. The van der Waals surface area contributed by atoms with Crippen LogP contribution in [0.4, 0.5) is 0 Å². The van der Waals surface area contributed by atoms with Crippen LogP contribution in [0.25, 0.3) is 0 Å². The van der Waals surface area contributed by atoms with Crippen LogP contribution in [0.1, 0.15) is 131 Å². The molecule has 0 aromatic carbocycles. The molecule has 11 atom stereocenters. The molecular weight excluding hydrogens is 528 g/mol. The monoisotopic (exact) mass is 590 g/mol. The fourth-order valence-corrected chi connectivity index (χ4v) is 10.7. The topological polar surface area (TPSA) is 108 Å². The van der Waals surface area contributed by atoms with Crippen LogP contribution in [0, 0.1) is 45.8 Å². The highest BCUT2D eigenvalue weighted by Gasteiger charge is 2.63. The molecule has 0 spiro atoms. The summed E-state index contributed by atoms with van der Waals surface area (Å²) in [5, 5.41) is 26.4. The number of carbonyl (C=O) groups is 2. The van der Waals surface area contributed by atoms with Crippen molar-refractivity contribution in [2.45, 2.75) is 149 Å². The van der Waals surface area contributed by atoms with Gasteiger partial charge in [-0.3, -0.25) is 14.9 Å². The van der Waals surface area contributed by atoms with E-state index in [0.717, 1.165) is 56.3 Å². The van der Waals surface area contributed by atoms with E-state index in [2.05, 4.69) is 45.3 Å². The van der Waals surface area contributed by atoms with E-state index in [1.165, 1.54) is 44.9 Å². The lowest BCUT2D eigenvalue weighted by molar-refractivity contribution is -0.171. The van der Waals surface area contributed by atoms with Gasteiger partial charge in [0.15, 0.2) is 0 Å². The van der Waals surface area contributed by atoms with Crippen LogP contribution in [0.3, 0.4) is 0 Å². The first-order valence-electron chi connectivity index (χ1n) is 17.3. The molecule has 0 bridgehead atoms. The third-order valence-electron chi connectivity index (χ3n) is 13.5. The number of unbranched alkanes of at least 4 members (excludes halogenated alkanes) is 1. The summed E-state index contributed by atoms with van der Waals surface area (Å²) in [6, 6.07) is -0.801. The Hall–Kier alpha value is -1.18. The first-order chi connectivity index (χ1) is 19.9. The van der Waals surface area contributed by atoms with E-state index in [9.17, 15) is 19.8 Å². The molecule has 4 N–H and O–H groups in total. The Morgan fingerprint density at radius 3 is 2.43 bits per heavy atom. The molecule has 7 heteroatoms. The number of rotatable bonds is 14. The lowest BCUT2D eigenvalue weighted by Crippen LogP contribution is -2.58. The SMILES string of the molecule is CCCCNC(=O)CC[C@H](NC(CC[C@@H](C)[C@H]1CC[C@H]2[C@@H]3CC[C@]4(C)C[C@H](O)CC[C@]4(C)C3CC[C@]12C)OC)C(=O)O. The van der Waals surface area contributed by atoms with Crippen LogP contribution in [0.2, 0.25) is 0 Å². The smallest absolute Gasteiger partial charge is 0.320 e. The average molecular weight is 591 g/mol. The first-order valence-corrected chi connectivity index (χ1v) is 17.3. The molecule has 4 aliphatic carbocycles. The molecule has 4 rings (SSSR count). The maximum Gasteiger partial charge on any atom is 0.320 e. The number of aliphatic hydroxyl groups excluding tert-OH is 1. The van der Waals surface area contributed by atoms with E-state index >= 15 is 0 Å². The molecule has 7 nitrogen and oxygen atoms in total. The Labute approximate surface area is 255 Å². The first kappa shape index (κ1) is 33.7. The summed E-state index contributed by atoms with van der Waals surface area (Å²) < 4.78 is 5.72. The highest BCUT2D eigenvalue weighted by Crippen LogP contribution is 2.71. The summed E-state index contributed by atoms with van der Waals surface area (Å²) in [5.74, 6) is 2.63. The second-order valence-electron chi connectivity index (χ2n) is 15.6. The summed E-state index contributed by atoms with van der Waals surface area (Å²) in [5.41, 5.74) is 1.01. The van der Waals surface area contributed by atoms with Crippen molar-refractivity contribution in [3.05, 3.63) is 0 Å². The van der Waals surface area contributed by atoms with E-state index in [4.69, 9.17) is 4.74 Å². The van der Waals surface area contributed by atoms with Gasteiger partial charge in [-0.2, -0.15) is 0 Å². The minimum atomic E-state index is -0.931. The van der Waals surface area contributed by atoms with Gasteiger partial charge in [0.25, 0.3) is 0 Å². The number of methoxy groups -OCH3 is 1. The molecule has 4 fully saturated rings. The molecule has 0 heterocycles. The molecule has 1 amide bonds. The second kappa shape index (κ2) is 13.9. The molecule has 4 saturated carbocycles. The molecule has 0 aromatic heterocycles. The van der Waals surface area contributed by atoms with Gasteiger partial charge in [-0.05, 0) is 129 Å². The minimum Gasteiger partial charge on any atom is -0.480 e. The van der Waals surface area contributed by atoms with Gasteiger partial charge in [0, 0.05) is 20.1 Å². The molecule has 0 aromatic rings. The molecule has 42 heavy (non-hydrogen) atoms. The number of carboxylic acid groups (broad SMARTS) is 1. The number of fused-ring (bicyclic) bond motifs is 5. The van der Waals surface area contributed by atoms with Crippen molar-refractivity contribution in [1.29, 1.82) is 0 Å². The number of aliphatic hydroxyl groups is 1. The number of ether oxygens (including phenoxy) is 1. The van der Waals surface area contributed by atoms with Crippen LogP contribution in [0.5, 0.6) is 0 Å². The maximum absolute atomic E-state index is 12.1. The van der Waals surface area contributed by atoms with Crippen molar-refractivity contribution in [3.63, 3.8) is 0 Å². The van der Waals surface area contributed by atoms with Gasteiger partial charge in [-0.1, -0.05) is 41.0 Å². The van der Waals surface area contributed by atoms with E-state index < -0.39 is 12.0 Å². The van der Waals surface area contributed by atoms with Crippen molar-refractivity contribution in [3.8, 4) is 0 Å². The van der Waals surface area contributed by atoms with E-state index in [-0.39, 0.29) is 36.5 Å². The zero-order chi connectivity index (χ0) is 30.7. The van der Waals surface area contributed by atoms with E-state index in [1.807, 2.05) is 0 Å². The van der Waals surface area contributed by atoms with Crippen molar-refractivity contribution >= 4 is 11.9 Å². The van der Waals surface area contributed by atoms with Crippen molar-refractivity contribution in [2.75, 3.05) is 13.7 Å². The zero-order valence-corrected chi connectivity index (χ0v) is 27.6. The maximum atomic E-state index is 12.1. The van der Waals surface area contributed by atoms with Crippen LogP contribution in [-0.2, 0) is 14.3 Å².